The molecule has 0 amide bonds. The first-order chi connectivity index (χ1) is 9.85. The van der Waals surface area contributed by atoms with Gasteiger partial charge in [0, 0.05) is 11.6 Å². The molecule has 0 aromatic heterocycles. The van der Waals surface area contributed by atoms with E-state index < -0.39 is 18.2 Å². The van der Waals surface area contributed by atoms with Gasteiger partial charge in [-0.3, -0.25) is 0 Å². The third-order valence-electron chi connectivity index (χ3n) is 2.89. The van der Waals surface area contributed by atoms with Crippen LogP contribution < -0.4 is 10.5 Å². The van der Waals surface area contributed by atoms with Gasteiger partial charge in [0.05, 0.1) is 0 Å². The molecular formula is C15H13F4NO. The second-order valence-corrected chi connectivity index (χ2v) is 4.53. The Morgan fingerprint density at radius 1 is 1.05 bits per heavy atom. The van der Waals surface area contributed by atoms with Gasteiger partial charge in [-0.25, -0.2) is 4.39 Å². The molecule has 6 heteroatoms. The molecule has 2 N–H and O–H groups in total. The lowest BCUT2D eigenvalue weighted by molar-refractivity contribution is -0.275. The van der Waals surface area contributed by atoms with Crippen LogP contribution in [0.5, 0.6) is 5.75 Å². The van der Waals surface area contributed by atoms with E-state index in [-0.39, 0.29) is 17.7 Å². The molecule has 0 heterocycles. The Kier molecular flexibility index (Phi) is 4.47. The first kappa shape index (κ1) is 15.3. The molecule has 2 aromatic rings. The number of halogens is 4. The van der Waals surface area contributed by atoms with Gasteiger partial charge in [-0.05, 0) is 30.2 Å². The molecule has 0 aliphatic rings. The van der Waals surface area contributed by atoms with Gasteiger partial charge in [0.1, 0.15) is 11.6 Å². The van der Waals surface area contributed by atoms with Gasteiger partial charge in [0.25, 0.3) is 0 Å². The Hall–Kier alpha value is -2.08. The molecule has 112 valence electrons. The number of alkyl halides is 3. The number of hydrogen-bond donors (Lipinski definition) is 1. The predicted molar refractivity (Wildman–Crippen MR) is 70.2 cm³/mol. The molecular weight excluding hydrogens is 286 g/mol. The van der Waals surface area contributed by atoms with Crippen molar-refractivity contribution in [2.75, 3.05) is 0 Å². The number of rotatable bonds is 4. The molecule has 0 bridgehead atoms. The van der Waals surface area contributed by atoms with Crippen LogP contribution in [0.2, 0.25) is 0 Å². The fourth-order valence-electron chi connectivity index (χ4n) is 2.03. The van der Waals surface area contributed by atoms with Crippen molar-refractivity contribution < 1.29 is 22.3 Å². The van der Waals surface area contributed by atoms with Crippen molar-refractivity contribution in [2.45, 2.75) is 18.8 Å². The van der Waals surface area contributed by atoms with Crippen molar-refractivity contribution in [3.63, 3.8) is 0 Å². The van der Waals surface area contributed by atoms with Crippen LogP contribution in [0.4, 0.5) is 17.6 Å². The van der Waals surface area contributed by atoms with Crippen molar-refractivity contribution in [3.05, 3.63) is 65.5 Å². The predicted octanol–water partition coefficient (Wildman–Crippen LogP) is 3.97. The van der Waals surface area contributed by atoms with E-state index in [1.54, 1.807) is 12.1 Å². The number of benzene rings is 2. The van der Waals surface area contributed by atoms with Crippen molar-refractivity contribution in [2.24, 2.45) is 5.73 Å². The van der Waals surface area contributed by atoms with Crippen LogP contribution in [0.1, 0.15) is 17.2 Å². The van der Waals surface area contributed by atoms with Crippen molar-refractivity contribution in [1.29, 1.82) is 0 Å². The van der Waals surface area contributed by atoms with Gasteiger partial charge >= 0.3 is 6.36 Å². The molecule has 0 radical (unpaired) electrons. The Morgan fingerprint density at radius 3 is 2.43 bits per heavy atom. The maximum atomic E-state index is 13.1. The molecule has 2 aromatic carbocycles. The summed E-state index contributed by atoms with van der Waals surface area (Å²) in [5.74, 6) is -0.756. The van der Waals surface area contributed by atoms with Gasteiger partial charge in [-0.15, -0.1) is 13.2 Å². The van der Waals surface area contributed by atoms with E-state index in [0.29, 0.717) is 5.56 Å². The zero-order chi connectivity index (χ0) is 15.5. The summed E-state index contributed by atoms with van der Waals surface area (Å²) in [5, 5.41) is 0. The van der Waals surface area contributed by atoms with Gasteiger partial charge in [0.2, 0.25) is 0 Å². The van der Waals surface area contributed by atoms with Crippen molar-refractivity contribution in [3.8, 4) is 5.75 Å². The smallest absolute Gasteiger partial charge is 0.405 e. The van der Waals surface area contributed by atoms with Gasteiger partial charge in [-0.1, -0.05) is 30.3 Å². The molecule has 0 fully saturated rings. The lowest BCUT2D eigenvalue weighted by Gasteiger charge is -2.18. The molecule has 2 rings (SSSR count). The monoisotopic (exact) mass is 299 g/mol. The molecule has 1 atom stereocenters. The Labute approximate surface area is 119 Å². The highest BCUT2D eigenvalue weighted by Gasteiger charge is 2.32. The fourth-order valence-corrected chi connectivity index (χ4v) is 2.03. The molecule has 0 saturated heterocycles. The van der Waals surface area contributed by atoms with Crippen LogP contribution in [0.3, 0.4) is 0 Å². The summed E-state index contributed by atoms with van der Waals surface area (Å²) in [7, 11) is 0. The van der Waals surface area contributed by atoms with E-state index in [4.69, 9.17) is 5.73 Å². The summed E-state index contributed by atoms with van der Waals surface area (Å²) >= 11 is 0. The Bertz CT molecular complexity index is 613. The SMILES string of the molecule is NC(Cc1cccc(F)c1)c1ccccc1OC(F)(F)F. The van der Waals surface area contributed by atoms with Gasteiger partial charge < -0.3 is 10.5 Å². The second kappa shape index (κ2) is 6.13. The number of para-hydroxylation sites is 1. The third-order valence-corrected chi connectivity index (χ3v) is 2.89. The van der Waals surface area contributed by atoms with E-state index in [2.05, 4.69) is 4.74 Å². The molecule has 0 aliphatic heterocycles. The minimum absolute atomic E-state index is 0.204. The molecule has 0 saturated carbocycles. The molecule has 0 spiro atoms. The number of hydrogen-bond acceptors (Lipinski definition) is 2. The van der Waals surface area contributed by atoms with Crippen LogP contribution in [-0.4, -0.2) is 6.36 Å². The van der Waals surface area contributed by atoms with E-state index in [9.17, 15) is 17.6 Å². The van der Waals surface area contributed by atoms with E-state index in [0.717, 1.165) is 0 Å². The normalized spacial score (nSPS) is 13.0. The maximum absolute atomic E-state index is 13.1. The van der Waals surface area contributed by atoms with Gasteiger partial charge in [0.15, 0.2) is 0 Å². The van der Waals surface area contributed by atoms with Crippen LogP contribution in [-0.2, 0) is 6.42 Å². The zero-order valence-electron chi connectivity index (χ0n) is 10.9. The van der Waals surface area contributed by atoms with E-state index in [1.165, 1.54) is 36.4 Å². The molecule has 2 nitrogen and oxygen atoms in total. The van der Waals surface area contributed by atoms with Gasteiger partial charge in [-0.2, -0.15) is 0 Å². The van der Waals surface area contributed by atoms with E-state index in [1.807, 2.05) is 0 Å². The highest BCUT2D eigenvalue weighted by Crippen LogP contribution is 2.30. The lowest BCUT2D eigenvalue weighted by atomic mass is 9.99. The highest BCUT2D eigenvalue weighted by atomic mass is 19.4. The summed E-state index contributed by atoms with van der Waals surface area (Å²) in [4.78, 5) is 0. The summed E-state index contributed by atoms with van der Waals surface area (Å²) < 4.78 is 54.1. The lowest BCUT2D eigenvalue weighted by Crippen LogP contribution is -2.21. The second-order valence-electron chi connectivity index (χ2n) is 4.53. The molecule has 0 aliphatic carbocycles. The number of nitrogens with two attached hydrogens (primary N) is 1. The standard InChI is InChI=1S/C15H13F4NO/c16-11-5-3-4-10(8-11)9-13(20)12-6-1-2-7-14(12)21-15(17,18)19/h1-8,13H,9,20H2. The van der Waals surface area contributed by atoms with Crippen LogP contribution >= 0.6 is 0 Å². The van der Waals surface area contributed by atoms with Crippen LogP contribution in [0.25, 0.3) is 0 Å². The molecule has 21 heavy (non-hydrogen) atoms. The summed E-state index contributed by atoms with van der Waals surface area (Å²) in [6.07, 6.45) is -4.58. The summed E-state index contributed by atoms with van der Waals surface area (Å²) in [5.41, 5.74) is 6.75. The third kappa shape index (κ3) is 4.46. The highest BCUT2D eigenvalue weighted by molar-refractivity contribution is 5.37. The molecule has 1 unspecified atom stereocenters. The average Bonchev–Trinajstić information content (AvgIpc) is 2.37. The average molecular weight is 299 g/mol. The first-order valence-corrected chi connectivity index (χ1v) is 6.20. The number of ether oxygens (including phenoxy) is 1. The largest absolute Gasteiger partial charge is 0.573 e. The van der Waals surface area contributed by atoms with Crippen LogP contribution in [0.15, 0.2) is 48.5 Å². The first-order valence-electron chi connectivity index (χ1n) is 6.20. The summed E-state index contributed by atoms with van der Waals surface area (Å²) in [6.45, 7) is 0. The fraction of sp³-hybridized carbons (Fsp3) is 0.200. The Morgan fingerprint density at radius 2 is 1.76 bits per heavy atom. The quantitative estimate of drug-likeness (QED) is 0.867. The van der Waals surface area contributed by atoms with Crippen molar-refractivity contribution in [1.82, 2.24) is 0 Å². The minimum Gasteiger partial charge on any atom is -0.405 e. The Balaban J connectivity index is 2.21. The summed E-state index contributed by atoms with van der Waals surface area (Å²) in [6, 6.07) is 10.7. The van der Waals surface area contributed by atoms with Crippen molar-refractivity contribution >= 4 is 0 Å². The zero-order valence-corrected chi connectivity index (χ0v) is 10.9. The maximum Gasteiger partial charge on any atom is 0.573 e. The van der Waals surface area contributed by atoms with Crippen LogP contribution in [0, 0.1) is 5.82 Å². The topological polar surface area (TPSA) is 35.2 Å². The minimum atomic E-state index is -4.78. The van der Waals surface area contributed by atoms with E-state index >= 15 is 0 Å².